The van der Waals surface area contributed by atoms with E-state index < -0.39 is 0 Å². The summed E-state index contributed by atoms with van der Waals surface area (Å²) in [5, 5.41) is 0. The molecule has 1 aromatic rings. The minimum Gasteiger partial charge on any atom is -0.366 e. The maximum Gasteiger partial charge on any atom is 0.131 e. The van der Waals surface area contributed by atoms with Crippen LogP contribution in [0.3, 0.4) is 0 Å². The largest absolute Gasteiger partial charge is 0.366 e. The molecule has 118 valence electrons. The first kappa shape index (κ1) is 16.5. The number of rotatable bonds is 3. The van der Waals surface area contributed by atoms with Crippen LogP contribution in [0.4, 0.5) is 5.69 Å². The second-order valence-electron chi connectivity index (χ2n) is 7.33. The van der Waals surface area contributed by atoms with Crippen LogP contribution in [0, 0.1) is 0 Å². The van der Waals surface area contributed by atoms with E-state index in [1.807, 2.05) is 6.20 Å². The van der Waals surface area contributed by atoms with Gasteiger partial charge in [-0.05, 0) is 27.7 Å². The maximum atomic E-state index is 6.13. The molecule has 0 saturated carbocycles. The Morgan fingerprint density at radius 3 is 2.29 bits per heavy atom. The lowest BCUT2D eigenvalue weighted by atomic mass is 9.98. The molecule has 5 heteroatoms. The van der Waals surface area contributed by atoms with Crippen molar-refractivity contribution in [3.05, 3.63) is 17.7 Å². The van der Waals surface area contributed by atoms with Crippen LogP contribution in [0.2, 0.25) is 0 Å². The molecular weight excluding hydrogens is 286 g/mol. The Morgan fingerprint density at radius 2 is 1.81 bits per heavy atom. The molecule has 0 bridgehead atoms. The van der Waals surface area contributed by atoms with Crippen LogP contribution in [0.1, 0.15) is 59.0 Å². The van der Waals surface area contributed by atoms with Crippen molar-refractivity contribution in [1.29, 1.82) is 0 Å². The molecule has 0 N–H and O–H groups in total. The number of nitrogens with zero attached hydrogens (tertiary/aromatic N) is 3. The molecule has 2 rings (SSSR count). The van der Waals surface area contributed by atoms with Gasteiger partial charge >= 0.3 is 0 Å². The first-order valence-electron chi connectivity index (χ1n) is 7.50. The van der Waals surface area contributed by atoms with Crippen LogP contribution < -0.4 is 4.90 Å². The van der Waals surface area contributed by atoms with Crippen molar-refractivity contribution < 1.29 is 4.74 Å². The van der Waals surface area contributed by atoms with Gasteiger partial charge in [0.25, 0.3) is 0 Å². The molecule has 0 aliphatic carbocycles. The summed E-state index contributed by atoms with van der Waals surface area (Å²) in [6.45, 7) is 14.3. The fraction of sp³-hybridized carbons (Fsp3) is 0.750. The summed E-state index contributed by atoms with van der Waals surface area (Å²) in [4.78, 5) is 11.4. The van der Waals surface area contributed by atoms with Crippen LogP contribution in [0.5, 0.6) is 0 Å². The molecule has 0 spiro atoms. The molecule has 1 aromatic heterocycles. The van der Waals surface area contributed by atoms with E-state index in [0.29, 0.717) is 11.8 Å². The summed E-state index contributed by atoms with van der Waals surface area (Å²) >= 11 is 6.12. The molecule has 0 radical (unpaired) electrons. The van der Waals surface area contributed by atoms with E-state index in [4.69, 9.17) is 16.3 Å². The van der Waals surface area contributed by atoms with E-state index >= 15 is 0 Å². The van der Waals surface area contributed by atoms with Gasteiger partial charge in [-0.25, -0.2) is 9.97 Å². The Kier molecular flexibility index (Phi) is 4.50. The topological polar surface area (TPSA) is 38.2 Å². The normalized spacial score (nSPS) is 20.9. The number of anilines is 1. The van der Waals surface area contributed by atoms with Crippen LogP contribution in [-0.4, -0.2) is 34.3 Å². The third kappa shape index (κ3) is 3.86. The maximum absolute atomic E-state index is 6.13. The van der Waals surface area contributed by atoms with Gasteiger partial charge in [0.15, 0.2) is 0 Å². The number of morpholine rings is 1. The smallest absolute Gasteiger partial charge is 0.131 e. The van der Waals surface area contributed by atoms with Crippen molar-refractivity contribution in [2.75, 3.05) is 18.0 Å². The van der Waals surface area contributed by atoms with Gasteiger partial charge in [0.05, 0.1) is 34.7 Å². The Morgan fingerprint density at radius 1 is 1.24 bits per heavy atom. The number of hydrogen-bond acceptors (Lipinski definition) is 4. The highest BCUT2D eigenvalue weighted by Gasteiger charge is 2.39. The predicted molar refractivity (Wildman–Crippen MR) is 87.1 cm³/mol. The van der Waals surface area contributed by atoms with E-state index in [2.05, 4.69) is 56.4 Å². The molecule has 0 unspecified atom stereocenters. The standard InChI is InChI=1S/C16H26ClN3O/c1-11(2)14-18-8-13(12(7-17)19-14)20-9-15(3,4)21-16(5,6)10-20/h8,11H,7,9-10H2,1-6H3. The molecule has 1 aliphatic heterocycles. The number of halogens is 1. The van der Waals surface area contributed by atoms with Gasteiger partial charge in [-0.2, -0.15) is 0 Å². The SMILES string of the molecule is CC(C)c1ncc(N2CC(C)(C)OC(C)(C)C2)c(CCl)n1. The Balaban J connectivity index is 2.36. The molecule has 21 heavy (non-hydrogen) atoms. The minimum absolute atomic E-state index is 0.206. The van der Waals surface area contributed by atoms with E-state index in [0.717, 1.165) is 30.3 Å². The second-order valence-corrected chi connectivity index (χ2v) is 7.59. The minimum atomic E-state index is -0.206. The number of hydrogen-bond donors (Lipinski definition) is 0. The van der Waals surface area contributed by atoms with Crippen LogP contribution >= 0.6 is 11.6 Å². The van der Waals surface area contributed by atoms with Crippen molar-refractivity contribution in [3.63, 3.8) is 0 Å². The summed E-state index contributed by atoms with van der Waals surface area (Å²) in [5.41, 5.74) is 1.52. The van der Waals surface area contributed by atoms with Gasteiger partial charge in [0.2, 0.25) is 0 Å². The second kappa shape index (κ2) is 5.73. The zero-order valence-corrected chi connectivity index (χ0v) is 14.7. The lowest BCUT2D eigenvalue weighted by Gasteiger charge is -2.48. The third-order valence-corrected chi connectivity index (χ3v) is 3.80. The lowest BCUT2D eigenvalue weighted by Crippen LogP contribution is -2.57. The molecule has 0 amide bonds. The van der Waals surface area contributed by atoms with Crippen molar-refractivity contribution in [3.8, 4) is 0 Å². The summed E-state index contributed by atoms with van der Waals surface area (Å²) in [6, 6.07) is 0. The van der Waals surface area contributed by atoms with Gasteiger partial charge in [-0.15, -0.1) is 11.6 Å². The fourth-order valence-corrected chi connectivity index (χ4v) is 3.22. The highest BCUT2D eigenvalue weighted by molar-refractivity contribution is 6.17. The van der Waals surface area contributed by atoms with Gasteiger partial charge in [0.1, 0.15) is 5.82 Å². The monoisotopic (exact) mass is 311 g/mol. The van der Waals surface area contributed by atoms with E-state index in [1.54, 1.807) is 0 Å². The van der Waals surface area contributed by atoms with Crippen molar-refractivity contribution >= 4 is 17.3 Å². The first-order chi connectivity index (χ1) is 9.63. The number of alkyl halides is 1. The zero-order valence-electron chi connectivity index (χ0n) is 13.9. The van der Waals surface area contributed by atoms with Crippen molar-refractivity contribution in [2.45, 2.75) is 64.5 Å². The van der Waals surface area contributed by atoms with Crippen LogP contribution in [0.15, 0.2) is 6.20 Å². The fourth-order valence-electron chi connectivity index (χ4n) is 3.02. The van der Waals surface area contributed by atoms with Gasteiger partial charge in [-0.1, -0.05) is 13.8 Å². The average Bonchev–Trinajstić information content (AvgIpc) is 2.34. The molecule has 0 aromatic carbocycles. The predicted octanol–water partition coefficient (Wildman–Crippen LogP) is 3.73. The van der Waals surface area contributed by atoms with Gasteiger partial charge in [-0.3, -0.25) is 0 Å². The van der Waals surface area contributed by atoms with Crippen molar-refractivity contribution in [1.82, 2.24) is 9.97 Å². The molecule has 1 fully saturated rings. The molecule has 1 saturated heterocycles. The Hall–Kier alpha value is -0.870. The molecular formula is C16H26ClN3O. The van der Waals surface area contributed by atoms with Crippen LogP contribution in [0.25, 0.3) is 0 Å². The molecule has 1 aliphatic rings. The van der Waals surface area contributed by atoms with E-state index in [9.17, 15) is 0 Å². The molecule has 2 heterocycles. The number of ether oxygens (including phenoxy) is 1. The quantitative estimate of drug-likeness (QED) is 0.797. The highest BCUT2D eigenvalue weighted by Crippen LogP contribution is 2.33. The van der Waals surface area contributed by atoms with Gasteiger partial charge < -0.3 is 9.64 Å². The highest BCUT2D eigenvalue weighted by atomic mass is 35.5. The summed E-state index contributed by atoms with van der Waals surface area (Å²) in [7, 11) is 0. The van der Waals surface area contributed by atoms with E-state index in [1.165, 1.54) is 0 Å². The Labute approximate surface area is 132 Å². The Bertz CT molecular complexity index is 498. The zero-order chi connectivity index (χ0) is 15.8. The van der Waals surface area contributed by atoms with Gasteiger partial charge in [0, 0.05) is 19.0 Å². The lowest BCUT2D eigenvalue weighted by molar-refractivity contribution is -0.133. The summed E-state index contributed by atoms with van der Waals surface area (Å²) < 4.78 is 6.13. The third-order valence-electron chi connectivity index (χ3n) is 3.54. The van der Waals surface area contributed by atoms with Crippen molar-refractivity contribution in [2.24, 2.45) is 0 Å². The molecule has 0 atom stereocenters. The van der Waals surface area contributed by atoms with E-state index in [-0.39, 0.29) is 11.2 Å². The first-order valence-corrected chi connectivity index (χ1v) is 8.04. The average molecular weight is 312 g/mol. The van der Waals surface area contributed by atoms with Crippen LogP contribution in [-0.2, 0) is 10.6 Å². The summed E-state index contributed by atoms with van der Waals surface area (Å²) in [6.07, 6.45) is 1.91. The summed E-state index contributed by atoms with van der Waals surface area (Å²) in [5.74, 6) is 1.55. The number of aromatic nitrogens is 2. The molecule has 4 nitrogen and oxygen atoms in total.